The van der Waals surface area contributed by atoms with E-state index in [0.717, 1.165) is 34.3 Å². The smallest absolute Gasteiger partial charge is 0.171 e. The summed E-state index contributed by atoms with van der Waals surface area (Å²) < 4.78 is 5.88. The summed E-state index contributed by atoms with van der Waals surface area (Å²) in [7, 11) is 0. The highest BCUT2D eigenvalue weighted by atomic mass is 32.1. The molecular formula is C24H22N4OS. The van der Waals surface area contributed by atoms with E-state index in [-0.39, 0.29) is 0 Å². The largest absolute Gasteiger partial charge is 0.459 e. The maximum atomic E-state index is 5.88. The Morgan fingerprint density at radius 1 is 0.933 bits per heavy atom. The maximum absolute atomic E-state index is 5.88. The lowest BCUT2D eigenvalue weighted by molar-refractivity contribution is 0.516. The SMILES string of the molecule is Cc1cccc(Nc2ccc(NC(=S)NCc3ccc(-c4ccccc4)o3)cn2)c1. The van der Waals surface area contributed by atoms with E-state index in [4.69, 9.17) is 16.6 Å². The molecule has 4 aromatic rings. The molecule has 0 aliphatic carbocycles. The van der Waals surface area contributed by atoms with Gasteiger partial charge in [-0.1, -0.05) is 42.5 Å². The third-order valence-electron chi connectivity index (χ3n) is 4.45. The molecule has 0 unspecified atom stereocenters. The first-order valence-corrected chi connectivity index (χ1v) is 10.1. The number of anilines is 3. The van der Waals surface area contributed by atoms with Gasteiger partial charge in [-0.05, 0) is 61.1 Å². The van der Waals surface area contributed by atoms with Gasteiger partial charge in [0.1, 0.15) is 17.3 Å². The Bertz CT molecular complexity index is 1120. The number of aromatic nitrogens is 1. The van der Waals surface area contributed by atoms with Gasteiger partial charge in [0, 0.05) is 11.3 Å². The highest BCUT2D eigenvalue weighted by molar-refractivity contribution is 7.80. The van der Waals surface area contributed by atoms with Gasteiger partial charge in [-0.25, -0.2) is 4.98 Å². The number of aryl methyl sites for hydroxylation is 1. The van der Waals surface area contributed by atoms with E-state index in [0.29, 0.717) is 11.7 Å². The van der Waals surface area contributed by atoms with Crippen molar-refractivity contribution in [2.45, 2.75) is 13.5 Å². The predicted octanol–water partition coefficient (Wildman–Crippen LogP) is 5.88. The zero-order chi connectivity index (χ0) is 20.8. The fourth-order valence-corrected chi connectivity index (χ4v) is 3.18. The van der Waals surface area contributed by atoms with Crippen molar-refractivity contribution in [1.29, 1.82) is 0 Å². The normalized spacial score (nSPS) is 10.4. The van der Waals surface area contributed by atoms with Crippen LogP contribution in [0.3, 0.4) is 0 Å². The lowest BCUT2D eigenvalue weighted by Gasteiger charge is -2.10. The molecular weight excluding hydrogens is 392 g/mol. The molecule has 0 saturated carbocycles. The molecule has 0 saturated heterocycles. The monoisotopic (exact) mass is 414 g/mol. The molecule has 4 rings (SSSR count). The molecule has 0 fully saturated rings. The number of benzene rings is 2. The van der Waals surface area contributed by atoms with E-state index in [1.54, 1.807) is 6.20 Å². The van der Waals surface area contributed by atoms with Crippen LogP contribution in [-0.2, 0) is 6.54 Å². The van der Waals surface area contributed by atoms with E-state index in [1.165, 1.54) is 5.56 Å². The van der Waals surface area contributed by atoms with Crippen molar-refractivity contribution in [3.05, 3.63) is 96.4 Å². The Balaban J connectivity index is 1.28. The van der Waals surface area contributed by atoms with E-state index >= 15 is 0 Å². The molecule has 0 radical (unpaired) electrons. The predicted molar refractivity (Wildman–Crippen MR) is 126 cm³/mol. The van der Waals surface area contributed by atoms with Crippen molar-refractivity contribution in [3.8, 4) is 11.3 Å². The maximum Gasteiger partial charge on any atom is 0.171 e. The second-order valence-electron chi connectivity index (χ2n) is 6.87. The van der Waals surface area contributed by atoms with Crippen LogP contribution in [0.2, 0.25) is 0 Å². The first kappa shape index (κ1) is 19.7. The van der Waals surface area contributed by atoms with E-state index in [1.807, 2.05) is 66.7 Å². The molecule has 2 heterocycles. The average molecular weight is 415 g/mol. The standard InChI is InChI=1S/C24H22N4OS/c1-17-6-5-9-19(14-17)27-23-13-10-20(15-25-23)28-24(30)26-16-21-11-12-22(29-21)18-7-3-2-4-8-18/h2-15H,16H2,1H3,(H,25,27)(H2,26,28,30). The van der Waals surface area contributed by atoms with Crippen LogP contribution in [0, 0.1) is 6.92 Å². The highest BCUT2D eigenvalue weighted by Crippen LogP contribution is 2.21. The zero-order valence-electron chi connectivity index (χ0n) is 16.6. The summed E-state index contributed by atoms with van der Waals surface area (Å²) in [6.45, 7) is 2.56. The Morgan fingerprint density at radius 3 is 2.57 bits per heavy atom. The first-order chi connectivity index (χ1) is 14.7. The van der Waals surface area contributed by atoms with Crippen LogP contribution in [0.15, 0.2) is 89.5 Å². The van der Waals surface area contributed by atoms with Crippen LogP contribution >= 0.6 is 12.2 Å². The van der Waals surface area contributed by atoms with Crippen molar-refractivity contribution in [1.82, 2.24) is 10.3 Å². The lowest BCUT2D eigenvalue weighted by atomic mass is 10.2. The van der Waals surface area contributed by atoms with Gasteiger partial charge in [0.2, 0.25) is 0 Å². The number of nitrogens with one attached hydrogen (secondary N) is 3. The molecule has 150 valence electrons. The van der Waals surface area contributed by atoms with Crippen LogP contribution in [-0.4, -0.2) is 10.1 Å². The number of thiocarbonyl (C=S) groups is 1. The van der Waals surface area contributed by atoms with Gasteiger partial charge in [-0.2, -0.15) is 0 Å². The highest BCUT2D eigenvalue weighted by Gasteiger charge is 2.05. The molecule has 30 heavy (non-hydrogen) atoms. The minimum Gasteiger partial charge on any atom is -0.459 e. The number of pyridine rings is 1. The summed E-state index contributed by atoms with van der Waals surface area (Å²) in [6, 6.07) is 25.9. The molecule has 3 N–H and O–H groups in total. The van der Waals surface area contributed by atoms with E-state index < -0.39 is 0 Å². The fraction of sp³-hybridized carbons (Fsp3) is 0.0833. The fourth-order valence-electron chi connectivity index (χ4n) is 2.99. The molecule has 0 atom stereocenters. The second-order valence-corrected chi connectivity index (χ2v) is 7.27. The second kappa shape index (κ2) is 9.24. The van der Waals surface area contributed by atoms with Crippen LogP contribution < -0.4 is 16.0 Å². The molecule has 0 bridgehead atoms. The average Bonchev–Trinajstić information content (AvgIpc) is 3.24. The summed E-state index contributed by atoms with van der Waals surface area (Å²) in [5, 5.41) is 10.1. The van der Waals surface area contributed by atoms with Crippen molar-refractivity contribution in [2.75, 3.05) is 10.6 Å². The van der Waals surface area contributed by atoms with Crippen molar-refractivity contribution in [2.24, 2.45) is 0 Å². The minimum atomic E-state index is 0.499. The third-order valence-corrected chi connectivity index (χ3v) is 4.70. The molecule has 2 aromatic carbocycles. The van der Waals surface area contributed by atoms with Gasteiger partial charge in [-0.3, -0.25) is 0 Å². The Hall–Kier alpha value is -3.64. The quantitative estimate of drug-likeness (QED) is 0.343. The van der Waals surface area contributed by atoms with Crippen LogP contribution in [0.5, 0.6) is 0 Å². The number of rotatable bonds is 6. The number of hydrogen-bond donors (Lipinski definition) is 3. The van der Waals surface area contributed by atoms with Gasteiger partial charge in [-0.15, -0.1) is 0 Å². The van der Waals surface area contributed by atoms with Gasteiger partial charge in [0.25, 0.3) is 0 Å². The van der Waals surface area contributed by atoms with Crippen LogP contribution in [0.1, 0.15) is 11.3 Å². The van der Waals surface area contributed by atoms with Gasteiger partial charge >= 0.3 is 0 Å². The number of hydrogen-bond acceptors (Lipinski definition) is 4. The summed E-state index contributed by atoms with van der Waals surface area (Å²) in [5.74, 6) is 2.43. The van der Waals surface area contributed by atoms with Crippen LogP contribution in [0.4, 0.5) is 17.2 Å². The molecule has 0 aliphatic heterocycles. The molecule has 2 aromatic heterocycles. The topological polar surface area (TPSA) is 62.1 Å². The van der Waals surface area contributed by atoms with Crippen molar-refractivity contribution < 1.29 is 4.42 Å². The van der Waals surface area contributed by atoms with Gasteiger partial charge < -0.3 is 20.4 Å². The third kappa shape index (κ3) is 5.24. The lowest BCUT2D eigenvalue weighted by Crippen LogP contribution is -2.27. The Kier molecular flexibility index (Phi) is 6.06. The van der Waals surface area contributed by atoms with Gasteiger partial charge in [0.15, 0.2) is 5.11 Å². The molecule has 6 heteroatoms. The van der Waals surface area contributed by atoms with E-state index in [2.05, 4.69) is 40.0 Å². The summed E-state index contributed by atoms with van der Waals surface area (Å²) in [4.78, 5) is 4.43. The first-order valence-electron chi connectivity index (χ1n) is 9.64. The molecule has 0 spiro atoms. The number of nitrogens with zero attached hydrogens (tertiary/aromatic N) is 1. The zero-order valence-corrected chi connectivity index (χ0v) is 17.4. The van der Waals surface area contributed by atoms with Crippen molar-refractivity contribution in [3.63, 3.8) is 0 Å². The Morgan fingerprint density at radius 2 is 1.80 bits per heavy atom. The summed E-state index contributed by atoms with van der Waals surface area (Å²) >= 11 is 5.38. The summed E-state index contributed by atoms with van der Waals surface area (Å²) in [6.07, 6.45) is 1.74. The van der Waals surface area contributed by atoms with E-state index in [9.17, 15) is 0 Å². The summed E-state index contributed by atoms with van der Waals surface area (Å²) in [5.41, 5.74) is 4.07. The van der Waals surface area contributed by atoms with Crippen LogP contribution in [0.25, 0.3) is 11.3 Å². The number of furan rings is 1. The molecule has 0 amide bonds. The molecule has 5 nitrogen and oxygen atoms in total. The Labute approximate surface area is 181 Å². The van der Waals surface area contributed by atoms with Crippen molar-refractivity contribution >= 4 is 34.5 Å². The van der Waals surface area contributed by atoms with Gasteiger partial charge in [0.05, 0.1) is 18.4 Å². The minimum absolute atomic E-state index is 0.499. The molecule has 0 aliphatic rings.